The van der Waals surface area contributed by atoms with Crippen LogP contribution in [0.4, 0.5) is 15.9 Å². The summed E-state index contributed by atoms with van der Waals surface area (Å²) in [6.45, 7) is 2.45. The summed E-state index contributed by atoms with van der Waals surface area (Å²) in [6, 6.07) is 17.4. The van der Waals surface area contributed by atoms with Crippen molar-refractivity contribution in [2.45, 2.75) is 38.1 Å². The molecule has 186 valence electrons. The Balaban J connectivity index is 1.43. The Bertz CT molecular complexity index is 1250. The predicted octanol–water partition coefficient (Wildman–Crippen LogP) is 5.93. The number of halogens is 1. The van der Waals surface area contributed by atoms with Crippen molar-refractivity contribution in [1.29, 1.82) is 5.26 Å². The van der Waals surface area contributed by atoms with Gasteiger partial charge in [0.05, 0.1) is 16.9 Å². The summed E-state index contributed by atoms with van der Waals surface area (Å²) in [6.07, 6.45) is 9.90. The zero-order chi connectivity index (χ0) is 24.9. The maximum Gasteiger partial charge on any atom is 0.149 e. The third-order valence-corrected chi connectivity index (χ3v) is 7.28. The van der Waals surface area contributed by atoms with Crippen LogP contribution in [-0.4, -0.2) is 42.6 Å². The van der Waals surface area contributed by atoms with E-state index >= 15 is 0 Å². The van der Waals surface area contributed by atoms with Crippen molar-refractivity contribution in [2.24, 2.45) is 5.92 Å². The minimum atomic E-state index is -0.528. The average Bonchev–Trinajstić information content (AvgIpc) is 3.37. The van der Waals surface area contributed by atoms with Gasteiger partial charge in [0.25, 0.3) is 0 Å². The fourth-order valence-corrected chi connectivity index (χ4v) is 5.04. The summed E-state index contributed by atoms with van der Waals surface area (Å²) in [4.78, 5) is 2.32. The van der Waals surface area contributed by atoms with Gasteiger partial charge in [-0.2, -0.15) is 5.26 Å². The SMILES string of the molecule is CN(c1ccc(-n2nc(NCC3CC=CCC3)cc2-c2ccc(C#N)c(F)c2)cc1)C1CCOCC1. The maximum atomic E-state index is 14.5. The highest BCUT2D eigenvalue weighted by Crippen LogP contribution is 2.30. The molecule has 0 spiro atoms. The number of benzene rings is 2. The Labute approximate surface area is 212 Å². The molecule has 0 bridgehead atoms. The standard InChI is InChI=1S/C29H32FN5O/c1-34(25-13-15-36-16-14-25)24-9-11-26(12-10-24)35-28(22-7-8-23(19-31)27(30)17-22)18-29(33-35)32-20-21-5-3-2-4-6-21/h2-3,7-12,17-18,21,25H,4-6,13-16,20H2,1H3,(H,32,33). The summed E-state index contributed by atoms with van der Waals surface area (Å²) >= 11 is 0. The van der Waals surface area contributed by atoms with Crippen LogP contribution in [0.2, 0.25) is 0 Å². The predicted molar refractivity (Wildman–Crippen MR) is 141 cm³/mol. The van der Waals surface area contributed by atoms with Crippen molar-refractivity contribution in [3.05, 3.63) is 72.1 Å². The lowest BCUT2D eigenvalue weighted by atomic mass is 9.94. The highest BCUT2D eigenvalue weighted by atomic mass is 19.1. The molecule has 1 aliphatic heterocycles. The lowest BCUT2D eigenvalue weighted by Crippen LogP contribution is -2.36. The van der Waals surface area contributed by atoms with Gasteiger partial charge in [-0.05, 0) is 74.4 Å². The molecule has 1 saturated heterocycles. The van der Waals surface area contributed by atoms with Crippen molar-refractivity contribution in [3.8, 4) is 23.0 Å². The Morgan fingerprint density at radius 3 is 2.61 bits per heavy atom. The van der Waals surface area contributed by atoms with Crippen molar-refractivity contribution in [3.63, 3.8) is 0 Å². The smallest absolute Gasteiger partial charge is 0.149 e. The van der Waals surface area contributed by atoms with E-state index in [0.29, 0.717) is 17.5 Å². The van der Waals surface area contributed by atoms with Crippen LogP contribution in [-0.2, 0) is 4.74 Å². The van der Waals surface area contributed by atoms with Crippen LogP contribution < -0.4 is 10.2 Å². The third kappa shape index (κ3) is 5.29. The lowest BCUT2D eigenvalue weighted by Gasteiger charge is -2.33. The molecule has 1 atom stereocenters. The van der Waals surface area contributed by atoms with Crippen LogP contribution in [0, 0.1) is 23.1 Å². The highest BCUT2D eigenvalue weighted by Gasteiger charge is 2.20. The number of anilines is 2. The molecule has 2 aromatic carbocycles. The van der Waals surface area contributed by atoms with Gasteiger partial charge in [-0.15, -0.1) is 5.10 Å². The number of nitrogens with one attached hydrogen (secondary N) is 1. The Morgan fingerprint density at radius 1 is 1.11 bits per heavy atom. The van der Waals surface area contributed by atoms with E-state index in [-0.39, 0.29) is 5.56 Å². The van der Waals surface area contributed by atoms with E-state index in [0.717, 1.165) is 68.3 Å². The zero-order valence-corrected chi connectivity index (χ0v) is 20.7. The minimum absolute atomic E-state index is 0.0361. The first-order chi connectivity index (χ1) is 17.6. The zero-order valence-electron chi connectivity index (χ0n) is 20.7. The number of rotatable bonds is 7. The van der Waals surface area contributed by atoms with Gasteiger partial charge in [0.2, 0.25) is 0 Å². The molecule has 3 aromatic rings. The van der Waals surface area contributed by atoms with E-state index in [4.69, 9.17) is 15.1 Å². The van der Waals surface area contributed by atoms with Gasteiger partial charge in [-0.3, -0.25) is 0 Å². The first kappa shape index (κ1) is 24.1. The second-order valence-corrected chi connectivity index (χ2v) is 9.64. The van der Waals surface area contributed by atoms with Crippen LogP contribution >= 0.6 is 0 Å². The maximum absolute atomic E-state index is 14.5. The Hall–Kier alpha value is -3.63. The van der Waals surface area contributed by atoms with Gasteiger partial charge in [-0.1, -0.05) is 18.2 Å². The molecule has 2 aliphatic rings. The number of nitrogens with zero attached hydrogens (tertiary/aromatic N) is 4. The lowest BCUT2D eigenvalue weighted by molar-refractivity contribution is 0.0855. The van der Waals surface area contributed by atoms with Gasteiger partial charge < -0.3 is 15.0 Å². The minimum Gasteiger partial charge on any atom is -0.381 e. The molecule has 6 nitrogen and oxygen atoms in total. The summed E-state index contributed by atoms with van der Waals surface area (Å²) in [5.41, 5.74) is 3.53. The van der Waals surface area contributed by atoms with Crippen molar-refractivity contribution < 1.29 is 9.13 Å². The number of hydrogen-bond donors (Lipinski definition) is 1. The molecule has 36 heavy (non-hydrogen) atoms. The first-order valence-corrected chi connectivity index (χ1v) is 12.7. The average molecular weight is 486 g/mol. The topological polar surface area (TPSA) is 66.1 Å². The molecule has 1 aromatic heterocycles. The van der Waals surface area contributed by atoms with Crippen LogP contribution in [0.25, 0.3) is 16.9 Å². The summed E-state index contributed by atoms with van der Waals surface area (Å²) in [7, 11) is 2.13. The molecule has 1 aliphatic carbocycles. The Kier molecular flexibility index (Phi) is 7.33. The molecule has 7 heteroatoms. The Morgan fingerprint density at radius 2 is 1.92 bits per heavy atom. The number of allylic oxidation sites excluding steroid dienone is 2. The van der Waals surface area contributed by atoms with Gasteiger partial charge in [0, 0.05) is 50.2 Å². The monoisotopic (exact) mass is 485 g/mol. The summed E-state index contributed by atoms with van der Waals surface area (Å²) in [5, 5.41) is 17.5. The van der Waals surface area contributed by atoms with E-state index in [9.17, 15) is 4.39 Å². The summed E-state index contributed by atoms with van der Waals surface area (Å²) < 4.78 is 21.9. The molecular formula is C29H32FN5O. The molecule has 0 radical (unpaired) electrons. The van der Waals surface area contributed by atoms with E-state index < -0.39 is 5.82 Å². The highest BCUT2D eigenvalue weighted by molar-refractivity contribution is 5.67. The second-order valence-electron chi connectivity index (χ2n) is 9.64. The van der Waals surface area contributed by atoms with E-state index in [1.54, 1.807) is 6.07 Å². The summed E-state index contributed by atoms with van der Waals surface area (Å²) in [5.74, 6) is 0.809. The van der Waals surface area contributed by atoms with E-state index in [2.05, 4.69) is 53.7 Å². The molecule has 1 N–H and O–H groups in total. The molecular weight excluding hydrogens is 453 g/mol. The number of hydrogen-bond acceptors (Lipinski definition) is 5. The molecule has 2 heterocycles. The van der Waals surface area contributed by atoms with Gasteiger partial charge in [0.15, 0.2) is 0 Å². The normalized spacial score (nSPS) is 18.1. The van der Waals surface area contributed by atoms with E-state index in [1.807, 2.05) is 16.8 Å². The first-order valence-electron chi connectivity index (χ1n) is 12.7. The van der Waals surface area contributed by atoms with Crippen molar-refractivity contribution in [1.82, 2.24) is 9.78 Å². The third-order valence-electron chi connectivity index (χ3n) is 7.28. The van der Waals surface area contributed by atoms with Gasteiger partial charge >= 0.3 is 0 Å². The van der Waals surface area contributed by atoms with Crippen LogP contribution in [0.15, 0.2) is 60.7 Å². The molecule has 5 rings (SSSR count). The number of aromatic nitrogens is 2. The van der Waals surface area contributed by atoms with E-state index in [1.165, 1.54) is 18.6 Å². The number of nitriles is 1. The quantitative estimate of drug-likeness (QED) is 0.420. The second kappa shape index (κ2) is 11.0. The number of ether oxygens (including phenoxy) is 1. The molecule has 0 amide bonds. The van der Waals surface area contributed by atoms with Gasteiger partial charge in [-0.25, -0.2) is 9.07 Å². The fourth-order valence-electron chi connectivity index (χ4n) is 5.04. The van der Waals surface area contributed by atoms with Crippen LogP contribution in [0.5, 0.6) is 0 Å². The van der Waals surface area contributed by atoms with Crippen LogP contribution in [0.3, 0.4) is 0 Å². The molecule has 1 fully saturated rings. The fraction of sp³-hybridized carbons (Fsp3) is 0.379. The largest absolute Gasteiger partial charge is 0.381 e. The molecule has 0 saturated carbocycles. The van der Waals surface area contributed by atoms with Crippen molar-refractivity contribution >= 4 is 11.5 Å². The van der Waals surface area contributed by atoms with Crippen LogP contribution in [0.1, 0.15) is 37.7 Å². The van der Waals surface area contributed by atoms with Crippen molar-refractivity contribution in [2.75, 3.05) is 37.0 Å². The molecule has 1 unspecified atom stereocenters. The van der Waals surface area contributed by atoms with Gasteiger partial charge in [0.1, 0.15) is 17.7 Å².